The largest absolute Gasteiger partial charge is 0.250 e. The second-order valence-electron chi connectivity index (χ2n) is 3.04. The first kappa shape index (κ1) is 9.66. The topological polar surface area (TPSA) is 17.1 Å². The third-order valence-electron chi connectivity index (χ3n) is 1.84. The van der Waals surface area contributed by atoms with Gasteiger partial charge in [0.1, 0.15) is 0 Å². The first-order chi connectivity index (χ1) is 7.24. The lowest BCUT2D eigenvalue weighted by Crippen LogP contribution is -1.84. The number of hydrogen-bond acceptors (Lipinski definition) is 1. The van der Waals surface area contributed by atoms with Crippen molar-refractivity contribution in [1.82, 2.24) is 0 Å². The van der Waals surface area contributed by atoms with Crippen LogP contribution in [0.5, 0.6) is 0 Å². The van der Waals surface area contributed by atoms with Gasteiger partial charge in [-0.15, -0.1) is 0 Å². The Morgan fingerprint density at radius 1 is 1.43 bits per heavy atom. The van der Waals surface area contributed by atoms with Crippen LogP contribution in [-0.4, -0.2) is 4.21 Å². The fourth-order valence-corrected chi connectivity index (χ4v) is 1.87. The smallest absolute Gasteiger partial charge is 0.0772 e. The summed E-state index contributed by atoms with van der Waals surface area (Å²) in [6.07, 6.45) is 2.77. The zero-order chi connectivity index (χ0) is 11.1. The Morgan fingerprint density at radius 2 is 2.14 bits per heavy atom. The van der Waals surface area contributed by atoms with Crippen LogP contribution < -0.4 is 0 Å². The minimum absolute atomic E-state index is 0.471. The molecule has 1 rings (SSSR count). The molecule has 0 saturated heterocycles. The maximum Gasteiger partial charge on any atom is 0.0772 e. The van der Waals surface area contributed by atoms with E-state index < -0.39 is 10.8 Å². The summed E-state index contributed by atoms with van der Waals surface area (Å²) in [7, 11) is -1.17. The summed E-state index contributed by atoms with van der Waals surface area (Å²) < 4.78 is 19.4. The predicted molar refractivity (Wildman–Crippen MR) is 61.5 cm³/mol. The number of rotatable bonds is 5. The molecule has 0 radical (unpaired) electrons. The highest BCUT2D eigenvalue weighted by Gasteiger charge is 1.95. The van der Waals surface area contributed by atoms with Crippen LogP contribution >= 0.6 is 0 Å². The zero-order valence-electron chi connectivity index (χ0n) is 9.40. The molecular weight excluding hydrogens is 192 g/mol. The first-order valence-electron chi connectivity index (χ1n) is 5.37. The molecule has 0 amide bonds. The number of benzene rings is 1. The molecular formula is C12H16OS. The number of allylic oxidation sites excluding steroid dienone is 1. The quantitative estimate of drug-likeness (QED) is 0.725. The zero-order valence-corrected chi connectivity index (χ0v) is 9.22. The molecule has 0 bridgehead atoms. The molecule has 1 aromatic rings. The fraction of sp³-hybridized carbons (Fsp3) is 0.333. The van der Waals surface area contributed by atoms with Crippen LogP contribution in [0, 0.1) is 0 Å². The van der Waals surface area contributed by atoms with Crippen molar-refractivity contribution in [3.63, 3.8) is 0 Å². The van der Waals surface area contributed by atoms with E-state index in [0.29, 0.717) is 6.05 Å². The Kier molecular flexibility index (Phi) is 4.52. The SMILES string of the molecule is [2H]/C(=C/S(=O)c1ccccc1)CCCC. The molecule has 2 heteroatoms. The molecule has 1 unspecified atom stereocenters. The van der Waals surface area contributed by atoms with Gasteiger partial charge in [-0.2, -0.15) is 0 Å². The van der Waals surface area contributed by atoms with Crippen molar-refractivity contribution in [2.45, 2.75) is 31.1 Å². The molecule has 0 aliphatic carbocycles. The van der Waals surface area contributed by atoms with Gasteiger partial charge in [-0.1, -0.05) is 44.0 Å². The average Bonchev–Trinajstić information content (AvgIpc) is 2.27. The van der Waals surface area contributed by atoms with Crippen LogP contribution in [0.15, 0.2) is 46.7 Å². The summed E-state index contributed by atoms with van der Waals surface area (Å²) >= 11 is 0. The van der Waals surface area contributed by atoms with E-state index in [4.69, 9.17) is 1.37 Å². The van der Waals surface area contributed by atoms with Gasteiger partial charge < -0.3 is 0 Å². The summed E-state index contributed by atoms with van der Waals surface area (Å²) in [5.74, 6) is 0. The molecule has 76 valence electrons. The van der Waals surface area contributed by atoms with Crippen LogP contribution in [0.3, 0.4) is 0 Å². The van der Waals surface area contributed by atoms with Crippen molar-refractivity contribution in [2.24, 2.45) is 0 Å². The van der Waals surface area contributed by atoms with Gasteiger partial charge >= 0.3 is 0 Å². The Hall–Kier alpha value is -0.890. The van der Waals surface area contributed by atoms with E-state index in [9.17, 15) is 4.21 Å². The Balaban J connectivity index is 2.62. The minimum Gasteiger partial charge on any atom is -0.250 e. The highest BCUT2D eigenvalue weighted by atomic mass is 32.2. The summed E-state index contributed by atoms with van der Waals surface area (Å²) in [6, 6.07) is 9.72. The second kappa shape index (κ2) is 6.55. The molecule has 0 aromatic heterocycles. The maximum absolute atomic E-state index is 11.7. The second-order valence-corrected chi connectivity index (χ2v) is 4.34. The molecule has 14 heavy (non-hydrogen) atoms. The van der Waals surface area contributed by atoms with Gasteiger partial charge in [0, 0.05) is 10.3 Å². The summed E-state index contributed by atoms with van der Waals surface area (Å²) in [5.41, 5.74) is 0. The number of hydrogen-bond donors (Lipinski definition) is 0. The van der Waals surface area contributed by atoms with Gasteiger partial charge in [0.25, 0.3) is 0 Å². The van der Waals surface area contributed by atoms with E-state index in [1.165, 1.54) is 5.41 Å². The molecule has 1 atom stereocenters. The lowest BCUT2D eigenvalue weighted by molar-refractivity contribution is 0.688. The van der Waals surface area contributed by atoms with E-state index in [-0.39, 0.29) is 0 Å². The van der Waals surface area contributed by atoms with Gasteiger partial charge in [0.2, 0.25) is 0 Å². The van der Waals surface area contributed by atoms with Crippen molar-refractivity contribution in [3.05, 3.63) is 41.8 Å². The molecule has 0 saturated carbocycles. The highest BCUT2D eigenvalue weighted by Crippen LogP contribution is 2.07. The maximum atomic E-state index is 11.7. The monoisotopic (exact) mass is 209 g/mol. The normalized spacial score (nSPS) is 14.9. The Morgan fingerprint density at radius 3 is 2.79 bits per heavy atom. The predicted octanol–water partition coefficient (Wildman–Crippen LogP) is 3.50. The van der Waals surface area contributed by atoms with E-state index in [1.807, 2.05) is 30.3 Å². The van der Waals surface area contributed by atoms with Gasteiger partial charge in [0.15, 0.2) is 0 Å². The first-order valence-corrected chi connectivity index (χ1v) is 6.08. The lowest BCUT2D eigenvalue weighted by Gasteiger charge is -1.94. The van der Waals surface area contributed by atoms with E-state index in [1.54, 1.807) is 0 Å². The molecule has 0 heterocycles. The third kappa shape index (κ3) is 3.88. The molecule has 0 aliphatic heterocycles. The Bertz CT molecular complexity index is 346. The van der Waals surface area contributed by atoms with Crippen molar-refractivity contribution in [3.8, 4) is 0 Å². The number of unbranched alkanes of at least 4 members (excludes halogenated alkanes) is 1. The molecule has 1 aromatic carbocycles. The molecule has 0 aliphatic rings. The fourth-order valence-electron chi connectivity index (χ4n) is 1.04. The summed E-state index contributed by atoms with van der Waals surface area (Å²) in [6.45, 7) is 2.08. The minimum atomic E-state index is -1.17. The van der Waals surface area contributed by atoms with Crippen LogP contribution in [0.1, 0.15) is 27.6 Å². The van der Waals surface area contributed by atoms with Crippen LogP contribution in [-0.2, 0) is 10.8 Å². The standard InChI is InChI=1S/C12H16OS/c1-2-3-4-8-11-14(13)12-9-6-5-7-10-12/h5-11H,2-4H2,1H3/b11-8-/i8D. The van der Waals surface area contributed by atoms with Crippen LogP contribution in [0.2, 0.25) is 0 Å². The lowest BCUT2D eigenvalue weighted by atomic mass is 10.2. The van der Waals surface area contributed by atoms with Gasteiger partial charge in [-0.25, -0.2) is 4.21 Å². The van der Waals surface area contributed by atoms with Crippen molar-refractivity contribution in [1.29, 1.82) is 0 Å². The third-order valence-corrected chi connectivity index (χ3v) is 2.96. The summed E-state index contributed by atoms with van der Waals surface area (Å²) in [5, 5.41) is 1.53. The van der Waals surface area contributed by atoms with Crippen molar-refractivity contribution < 1.29 is 5.58 Å². The van der Waals surface area contributed by atoms with Crippen LogP contribution in [0.25, 0.3) is 0 Å². The van der Waals surface area contributed by atoms with Crippen LogP contribution in [0.4, 0.5) is 0 Å². The molecule has 0 fully saturated rings. The molecule has 0 N–H and O–H groups in total. The molecule has 0 spiro atoms. The highest BCUT2D eigenvalue weighted by molar-refractivity contribution is 7.88. The van der Waals surface area contributed by atoms with E-state index in [2.05, 4.69) is 6.92 Å². The van der Waals surface area contributed by atoms with Gasteiger partial charge in [-0.3, -0.25) is 0 Å². The van der Waals surface area contributed by atoms with E-state index >= 15 is 0 Å². The summed E-state index contributed by atoms with van der Waals surface area (Å²) in [4.78, 5) is 0.763. The Labute approximate surface area is 89.7 Å². The van der Waals surface area contributed by atoms with Crippen molar-refractivity contribution >= 4 is 10.8 Å². The van der Waals surface area contributed by atoms with Crippen molar-refractivity contribution in [2.75, 3.05) is 0 Å². The van der Waals surface area contributed by atoms with Gasteiger partial charge in [-0.05, 0) is 18.6 Å². The molecule has 1 nitrogen and oxygen atoms in total. The van der Waals surface area contributed by atoms with Gasteiger partial charge in [0.05, 0.1) is 12.2 Å². The van der Waals surface area contributed by atoms with E-state index in [0.717, 1.165) is 24.2 Å². The average molecular weight is 209 g/mol.